The Labute approximate surface area is 171 Å². The smallest absolute Gasteiger partial charge is 0.150 e. The lowest BCUT2D eigenvalue weighted by Crippen LogP contribution is -2.43. The molecule has 2 aliphatic rings. The van der Waals surface area contributed by atoms with Crippen LogP contribution < -0.4 is 10.2 Å². The summed E-state index contributed by atoms with van der Waals surface area (Å²) in [7, 11) is 0. The molecule has 0 atom stereocenters. The van der Waals surface area contributed by atoms with E-state index in [-0.39, 0.29) is 0 Å². The SMILES string of the molecule is CSc1csc2c(N3CCC(NCCCC4CCCCC4)CC3)ncnc12. The van der Waals surface area contributed by atoms with Crippen molar-refractivity contribution in [2.45, 2.75) is 68.7 Å². The molecule has 0 spiro atoms. The summed E-state index contributed by atoms with van der Waals surface area (Å²) in [6.45, 7) is 3.39. The van der Waals surface area contributed by atoms with Crippen LogP contribution >= 0.6 is 23.1 Å². The van der Waals surface area contributed by atoms with Crippen molar-refractivity contribution in [1.82, 2.24) is 15.3 Å². The van der Waals surface area contributed by atoms with Gasteiger partial charge in [0.1, 0.15) is 17.7 Å². The molecule has 1 aliphatic carbocycles. The second kappa shape index (κ2) is 9.57. The monoisotopic (exact) mass is 404 g/mol. The van der Waals surface area contributed by atoms with E-state index in [1.165, 1.54) is 73.9 Å². The fraction of sp³-hybridized carbons (Fsp3) is 0.714. The van der Waals surface area contributed by atoms with Gasteiger partial charge in [-0.25, -0.2) is 9.97 Å². The summed E-state index contributed by atoms with van der Waals surface area (Å²) in [5, 5.41) is 6.04. The first-order valence-corrected chi connectivity index (χ1v) is 12.7. The molecule has 2 aromatic heterocycles. The van der Waals surface area contributed by atoms with Crippen LogP contribution in [0.5, 0.6) is 0 Å². The minimum absolute atomic E-state index is 0.676. The van der Waals surface area contributed by atoms with E-state index in [0.717, 1.165) is 30.3 Å². The van der Waals surface area contributed by atoms with Gasteiger partial charge in [-0.1, -0.05) is 32.1 Å². The van der Waals surface area contributed by atoms with Crippen LogP contribution in [0.1, 0.15) is 57.8 Å². The summed E-state index contributed by atoms with van der Waals surface area (Å²) in [6.07, 6.45) is 16.4. The molecule has 4 nitrogen and oxygen atoms in total. The maximum absolute atomic E-state index is 4.63. The van der Waals surface area contributed by atoms with Gasteiger partial charge >= 0.3 is 0 Å². The van der Waals surface area contributed by atoms with Gasteiger partial charge in [-0.3, -0.25) is 0 Å². The van der Waals surface area contributed by atoms with E-state index in [1.807, 2.05) is 0 Å². The van der Waals surface area contributed by atoms with Gasteiger partial charge in [-0.2, -0.15) is 0 Å². The van der Waals surface area contributed by atoms with E-state index >= 15 is 0 Å². The molecule has 0 unspecified atom stereocenters. The molecule has 2 aromatic rings. The Morgan fingerprint density at radius 1 is 1.15 bits per heavy atom. The molecule has 1 aliphatic heterocycles. The van der Waals surface area contributed by atoms with Gasteiger partial charge in [0.15, 0.2) is 0 Å². The highest BCUT2D eigenvalue weighted by Gasteiger charge is 2.22. The summed E-state index contributed by atoms with van der Waals surface area (Å²) in [4.78, 5) is 12.9. The molecule has 6 heteroatoms. The van der Waals surface area contributed by atoms with Crippen molar-refractivity contribution < 1.29 is 0 Å². The van der Waals surface area contributed by atoms with Crippen molar-refractivity contribution in [2.75, 3.05) is 30.8 Å². The van der Waals surface area contributed by atoms with E-state index in [1.54, 1.807) is 29.4 Å². The lowest BCUT2D eigenvalue weighted by atomic mass is 9.86. The molecule has 0 bridgehead atoms. The topological polar surface area (TPSA) is 41.0 Å². The molecule has 0 radical (unpaired) electrons. The van der Waals surface area contributed by atoms with Crippen LogP contribution in [-0.2, 0) is 0 Å². The summed E-state index contributed by atoms with van der Waals surface area (Å²) in [5.41, 5.74) is 1.13. The van der Waals surface area contributed by atoms with Crippen LogP contribution in [0.3, 0.4) is 0 Å². The Hall–Kier alpha value is -0.850. The largest absolute Gasteiger partial charge is 0.355 e. The maximum atomic E-state index is 4.63. The number of nitrogens with one attached hydrogen (secondary N) is 1. The second-order valence-corrected chi connectivity index (χ2v) is 9.77. The summed E-state index contributed by atoms with van der Waals surface area (Å²) < 4.78 is 1.25. The first-order valence-electron chi connectivity index (χ1n) is 10.6. The number of thioether (sulfide) groups is 1. The van der Waals surface area contributed by atoms with Gasteiger partial charge in [0.2, 0.25) is 0 Å². The van der Waals surface area contributed by atoms with Gasteiger partial charge in [0, 0.05) is 29.4 Å². The van der Waals surface area contributed by atoms with Gasteiger partial charge in [0.25, 0.3) is 0 Å². The highest BCUT2D eigenvalue weighted by molar-refractivity contribution is 7.99. The van der Waals surface area contributed by atoms with Gasteiger partial charge in [0.05, 0.1) is 4.70 Å². The van der Waals surface area contributed by atoms with Crippen molar-refractivity contribution in [3.63, 3.8) is 0 Å². The summed E-state index contributed by atoms with van der Waals surface area (Å²) in [6, 6.07) is 0.676. The number of anilines is 1. The lowest BCUT2D eigenvalue weighted by molar-refractivity contribution is 0.323. The molecular weight excluding hydrogens is 372 g/mol. The summed E-state index contributed by atoms with van der Waals surface area (Å²) >= 11 is 3.56. The number of hydrogen-bond acceptors (Lipinski definition) is 6. The Morgan fingerprint density at radius 2 is 1.96 bits per heavy atom. The van der Waals surface area contributed by atoms with Gasteiger partial charge in [-0.05, 0) is 44.4 Å². The van der Waals surface area contributed by atoms with Crippen molar-refractivity contribution >= 4 is 39.1 Å². The molecular formula is C21H32N4S2. The van der Waals surface area contributed by atoms with Crippen LogP contribution in [0.2, 0.25) is 0 Å². The van der Waals surface area contributed by atoms with Crippen LogP contribution in [0.15, 0.2) is 16.6 Å². The molecule has 1 N–H and O–H groups in total. The number of nitrogens with zero attached hydrogens (tertiary/aromatic N) is 3. The zero-order valence-corrected chi connectivity index (χ0v) is 18.1. The van der Waals surface area contributed by atoms with Crippen molar-refractivity contribution in [3.05, 3.63) is 11.7 Å². The van der Waals surface area contributed by atoms with Crippen molar-refractivity contribution in [1.29, 1.82) is 0 Å². The Kier molecular flexibility index (Phi) is 6.90. The molecule has 3 heterocycles. The fourth-order valence-corrected chi connectivity index (χ4v) is 6.49. The minimum atomic E-state index is 0.676. The third-order valence-electron chi connectivity index (χ3n) is 6.26. The lowest BCUT2D eigenvalue weighted by Gasteiger charge is -2.33. The highest BCUT2D eigenvalue weighted by Crippen LogP contribution is 2.36. The maximum Gasteiger partial charge on any atom is 0.150 e. The number of piperidine rings is 1. The third kappa shape index (κ3) is 4.77. The molecule has 1 saturated carbocycles. The average molecular weight is 405 g/mol. The van der Waals surface area contributed by atoms with E-state index in [4.69, 9.17) is 0 Å². The summed E-state index contributed by atoms with van der Waals surface area (Å²) in [5.74, 6) is 2.15. The number of hydrogen-bond donors (Lipinski definition) is 1. The molecule has 0 amide bonds. The van der Waals surface area contributed by atoms with Gasteiger partial charge in [-0.15, -0.1) is 23.1 Å². The van der Waals surface area contributed by atoms with E-state index in [0.29, 0.717) is 6.04 Å². The van der Waals surface area contributed by atoms with Crippen LogP contribution in [0, 0.1) is 5.92 Å². The molecule has 1 saturated heterocycles. The van der Waals surface area contributed by atoms with Gasteiger partial charge < -0.3 is 10.2 Å². The highest BCUT2D eigenvalue weighted by atomic mass is 32.2. The zero-order chi connectivity index (χ0) is 18.5. The number of aromatic nitrogens is 2. The third-order valence-corrected chi connectivity index (χ3v) is 8.13. The van der Waals surface area contributed by atoms with Crippen LogP contribution in [0.25, 0.3) is 10.2 Å². The number of fused-ring (bicyclic) bond motifs is 1. The predicted octanol–water partition coefficient (Wildman–Crippen LogP) is 5.33. The fourth-order valence-electron chi connectivity index (χ4n) is 4.65. The van der Waals surface area contributed by atoms with E-state index < -0.39 is 0 Å². The second-order valence-electron chi connectivity index (χ2n) is 8.04. The number of thiophene rings is 1. The molecule has 27 heavy (non-hydrogen) atoms. The van der Waals surface area contributed by atoms with Crippen molar-refractivity contribution in [2.24, 2.45) is 5.92 Å². The van der Waals surface area contributed by atoms with Crippen molar-refractivity contribution in [3.8, 4) is 0 Å². The normalized spacial score (nSPS) is 19.8. The first kappa shape index (κ1) is 19.5. The van der Waals surface area contributed by atoms with Crippen LogP contribution in [0.4, 0.5) is 5.82 Å². The standard InChI is InChI=1S/C21H32N4S2/c1-26-18-14-27-20-19(18)23-15-24-21(20)25-12-9-17(10-13-25)22-11-5-8-16-6-3-2-4-7-16/h14-17,22H,2-13H2,1H3. The molecule has 148 valence electrons. The Bertz CT molecular complexity index is 718. The number of rotatable bonds is 7. The Morgan fingerprint density at radius 3 is 2.74 bits per heavy atom. The predicted molar refractivity (Wildman–Crippen MR) is 118 cm³/mol. The minimum Gasteiger partial charge on any atom is -0.355 e. The van der Waals surface area contributed by atoms with E-state index in [9.17, 15) is 0 Å². The van der Waals surface area contributed by atoms with E-state index in [2.05, 4.69) is 31.8 Å². The molecule has 0 aromatic carbocycles. The zero-order valence-electron chi connectivity index (χ0n) is 16.5. The molecule has 4 rings (SSSR count). The first-order chi connectivity index (χ1) is 13.3. The molecule has 2 fully saturated rings. The Balaban J connectivity index is 1.24. The quantitative estimate of drug-likeness (QED) is 0.499. The van der Waals surface area contributed by atoms with Crippen LogP contribution in [-0.4, -0.2) is 41.9 Å². The average Bonchev–Trinajstić information content (AvgIpc) is 3.16.